The van der Waals surface area contributed by atoms with Crippen LogP contribution in [0.1, 0.15) is 25.0 Å². The number of hydrogen-bond acceptors (Lipinski definition) is 4. The standard InChI is InChI=1S/C16H24N2O5/c1-22-10-6-13(11-14-3-2-9-23-14)17-16(21)18-7-4-12(5-8-18)15(19)20/h2-3,9,12-13H,4-8,10-11H2,1H3,(H,17,21)(H,19,20). The Morgan fingerprint density at radius 1 is 1.48 bits per heavy atom. The number of carboxylic acid groups (broad SMARTS) is 1. The van der Waals surface area contributed by atoms with E-state index in [9.17, 15) is 9.59 Å². The van der Waals surface area contributed by atoms with Crippen LogP contribution in [0.3, 0.4) is 0 Å². The van der Waals surface area contributed by atoms with Crippen LogP contribution in [-0.2, 0) is 16.0 Å². The molecule has 1 atom stereocenters. The molecule has 7 nitrogen and oxygen atoms in total. The molecule has 1 aliphatic heterocycles. The zero-order valence-electron chi connectivity index (χ0n) is 13.4. The van der Waals surface area contributed by atoms with Crippen molar-refractivity contribution in [2.75, 3.05) is 26.8 Å². The molecule has 1 fully saturated rings. The molecule has 0 saturated carbocycles. The number of hydrogen-bond donors (Lipinski definition) is 2. The number of nitrogens with one attached hydrogen (secondary N) is 1. The first-order chi connectivity index (χ1) is 11.1. The molecule has 0 aliphatic carbocycles. The predicted molar refractivity (Wildman–Crippen MR) is 83.2 cm³/mol. The number of amides is 2. The third kappa shape index (κ3) is 5.28. The molecule has 23 heavy (non-hydrogen) atoms. The second-order valence-corrected chi connectivity index (χ2v) is 5.81. The van der Waals surface area contributed by atoms with Crippen molar-refractivity contribution in [3.8, 4) is 0 Å². The summed E-state index contributed by atoms with van der Waals surface area (Å²) in [4.78, 5) is 25.0. The van der Waals surface area contributed by atoms with Gasteiger partial charge in [-0.15, -0.1) is 0 Å². The van der Waals surface area contributed by atoms with Gasteiger partial charge in [-0.2, -0.15) is 0 Å². The molecular formula is C16H24N2O5. The van der Waals surface area contributed by atoms with Crippen LogP contribution in [0.2, 0.25) is 0 Å². The number of likely N-dealkylation sites (tertiary alicyclic amines) is 1. The van der Waals surface area contributed by atoms with E-state index < -0.39 is 5.97 Å². The third-order valence-electron chi connectivity index (χ3n) is 4.16. The Bertz CT molecular complexity index is 495. The first-order valence-corrected chi connectivity index (χ1v) is 7.89. The molecule has 1 unspecified atom stereocenters. The monoisotopic (exact) mass is 324 g/mol. The summed E-state index contributed by atoms with van der Waals surface area (Å²) in [7, 11) is 1.63. The summed E-state index contributed by atoms with van der Waals surface area (Å²) in [6, 6.07) is 3.47. The number of furan rings is 1. The van der Waals surface area contributed by atoms with Gasteiger partial charge in [0.05, 0.1) is 12.2 Å². The summed E-state index contributed by atoms with van der Waals surface area (Å²) in [5.74, 6) is -0.303. The molecule has 1 aliphatic rings. The number of ether oxygens (including phenoxy) is 1. The van der Waals surface area contributed by atoms with Gasteiger partial charge in [0.25, 0.3) is 0 Å². The number of rotatable bonds is 7. The normalized spacial score (nSPS) is 17.0. The Labute approximate surface area is 135 Å². The summed E-state index contributed by atoms with van der Waals surface area (Å²) < 4.78 is 10.4. The molecule has 128 valence electrons. The molecule has 0 spiro atoms. The molecule has 1 saturated heterocycles. The van der Waals surface area contributed by atoms with Gasteiger partial charge < -0.3 is 24.5 Å². The van der Waals surface area contributed by atoms with E-state index in [0.717, 1.165) is 5.76 Å². The number of methoxy groups -OCH3 is 1. The minimum atomic E-state index is -0.777. The van der Waals surface area contributed by atoms with Crippen LogP contribution in [0.5, 0.6) is 0 Å². The lowest BCUT2D eigenvalue weighted by Gasteiger charge is -2.31. The Morgan fingerprint density at radius 2 is 2.22 bits per heavy atom. The van der Waals surface area contributed by atoms with E-state index in [-0.39, 0.29) is 18.0 Å². The number of aliphatic carboxylic acids is 1. The highest BCUT2D eigenvalue weighted by atomic mass is 16.5. The third-order valence-corrected chi connectivity index (χ3v) is 4.16. The van der Waals surface area contributed by atoms with Crippen molar-refractivity contribution in [2.24, 2.45) is 5.92 Å². The van der Waals surface area contributed by atoms with E-state index in [1.165, 1.54) is 0 Å². The van der Waals surface area contributed by atoms with E-state index in [1.54, 1.807) is 18.3 Å². The molecule has 0 aromatic carbocycles. The summed E-state index contributed by atoms with van der Waals surface area (Å²) >= 11 is 0. The summed E-state index contributed by atoms with van der Waals surface area (Å²) in [5, 5.41) is 12.0. The van der Waals surface area contributed by atoms with Gasteiger partial charge in [0.1, 0.15) is 5.76 Å². The quantitative estimate of drug-likeness (QED) is 0.797. The Balaban J connectivity index is 1.85. The van der Waals surface area contributed by atoms with Gasteiger partial charge in [-0.1, -0.05) is 0 Å². The fourth-order valence-corrected chi connectivity index (χ4v) is 2.75. The van der Waals surface area contributed by atoms with Crippen molar-refractivity contribution in [1.82, 2.24) is 10.2 Å². The molecular weight excluding hydrogens is 300 g/mol. The van der Waals surface area contributed by atoms with Crippen LogP contribution in [-0.4, -0.2) is 54.9 Å². The van der Waals surface area contributed by atoms with Gasteiger partial charge in [0.15, 0.2) is 0 Å². The minimum absolute atomic E-state index is 0.0780. The molecule has 0 radical (unpaired) electrons. The van der Waals surface area contributed by atoms with E-state index >= 15 is 0 Å². The van der Waals surface area contributed by atoms with Crippen LogP contribution in [0.25, 0.3) is 0 Å². The van der Waals surface area contributed by atoms with Gasteiger partial charge in [-0.3, -0.25) is 4.79 Å². The fraction of sp³-hybridized carbons (Fsp3) is 0.625. The number of nitrogens with zero attached hydrogens (tertiary/aromatic N) is 1. The highest BCUT2D eigenvalue weighted by Crippen LogP contribution is 2.17. The van der Waals surface area contributed by atoms with Gasteiger partial charge >= 0.3 is 12.0 Å². The predicted octanol–water partition coefficient (Wildman–Crippen LogP) is 1.73. The van der Waals surface area contributed by atoms with Crippen molar-refractivity contribution in [2.45, 2.75) is 31.7 Å². The Hall–Kier alpha value is -2.02. The van der Waals surface area contributed by atoms with E-state index in [2.05, 4.69) is 5.32 Å². The molecule has 2 N–H and O–H groups in total. The largest absolute Gasteiger partial charge is 0.481 e. The lowest BCUT2D eigenvalue weighted by atomic mass is 9.97. The zero-order valence-corrected chi connectivity index (χ0v) is 13.4. The van der Waals surface area contributed by atoms with Crippen molar-refractivity contribution >= 4 is 12.0 Å². The van der Waals surface area contributed by atoms with Crippen LogP contribution >= 0.6 is 0 Å². The first-order valence-electron chi connectivity index (χ1n) is 7.89. The maximum Gasteiger partial charge on any atom is 0.317 e. The maximum atomic E-state index is 12.4. The lowest BCUT2D eigenvalue weighted by Crippen LogP contribution is -2.49. The Morgan fingerprint density at radius 3 is 2.78 bits per heavy atom. The first kappa shape index (κ1) is 17.3. The second kappa shape index (κ2) is 8.57. The Kier molecular flexibility index (Phi) is 6.46. The number of carboxylic acids is 1. The lowest BCUT2D eigenvalue weighted by molar-refractivity contribution is -0.143. The molecule has 0 bridgehead atoms. The van der Waals surface area contributed by atoms with Gasteiger partial charge in [-0.05, 0) is 31.4 Å². The average molecular weight is 324 g/mol. The molecule has 1 aromatic heterocycles. The number of piperidine rings is 1. The average Bonchev–Trinajstić information content (AvgIpc) is 3.05. The van der Waals surface area contributed by atoms with Crippen molar-refractivity contribution < 1.29 is 23.8 Å². The van der Waals surface area contributed by atoms with Crippen molar-refractivity contribution in [3.63, 3.8) is 0 Å². The van der Waals surface area contributed by atoms with Crippen LogP contribution < -0.4 is 5.32 Å². The second-order valence-electron chi connectivity index (χ2n) is 5.81. The molecule has 1 aromatic rings. The smallest absolute Gasteiger partial charge is 0.317 e. The van der Waals surface area contributed by atoms with Crippen LogP contribution in [0.4, 0.5) is 4.79 Å². The van der Waals surface area contributed by atoms with Gasteiger partial charge in [-0.25, -0.2) is 4.79 Å². The van der Waals surface area contributed by atoms with Crippen molar-refractivity contribution in [3.05, 3.63) is 24.2 Å². The fourth-order valence-electron chi connectivity index (χ4n) is 2.75. The summed E-state index contributed by atoms with van der Waals surface area (Å²) in [5.41, 5.74) is 0. The maximum absolute atomic E-state index is 12.4. The minimum Gasteiger partial charge on any atom is -0.481 e. The van der Waals surface area contributed by atoms with Crippen molar-refractivity contribution in [1.29, 1.82) is 0 Å². The SMILES string of the molecule is COCCC(Cc1ccco1)NC(=O)N1CCC(C(=O)O)CC1. The van der Waals surface area contributed by atoms with Gasteiger partial charge in [0.2, 0.25) is 0 Å². The molecule has 2 amide bonds. The molecule has 2 rings (SSSR count). The van der Waals surface area contributed by atoms with E-state index in [0.29, 0.717) is 45.4 Å². The number of urea groups is 1. The summed E-state index contributed by atoms with van der Waals surface area (Å²) in [6.45, 7) is 1.49. The molecule has 7 heteroatoms. The highest BCUT2D eigenvalue weighted by Gasteiger charge is 2.28. The van der Waals surface area contributed by atoms with Crippen LogP contribution in [0, 0.1) is 5.92 Å². The summed E-state index contributed by atoms with van der Waals surface area (Å²) in [6.07, 6.45) is 3.91. The molecule has 2 heterocycles. The van der Waals surface area contributed by atoms with Crippen LogP contribution in [0.15, 0.2) is 22.8 Å². The topological polar surface area (TPSA) is 92.0 Å². The zero-order chi connectivity index (χ0) is 16.7. The highest BCUT2D eigenvalue weighted by molar-refractivity contribution is 5.75. The van der Waals surface area contributed by atoms with Gasteiger partial charge in [0, 0.05) is 39.3 Å². The number of carbonyl (C=O) groups excluding carboxylic acids is 1. The van der Waals surface area contributed by atoms with E-state index in [4.69, 9.17) is 14.3 Å². The number of carbonyl (C=O) groups is 2. The van der Waals surface area contributed by atoms with E-state index in [1.807, 2.05) is 12.1 Å².